The molecule has 1 heterocycles. The van der Waals surface area contributed by atoms with Crippen LogP contribution in [0, 0.1) is 18.3 Å². The summed E-state index contributed by atoms with van der Waals surface area (Å²) in [5.41, 5.74) is 5.72. The van der Waals surface area contributed by atoms with Crippen LogP contribution in [0.4, 0.5) is 0 Å². The van der Waals surface area contributed by atoms with Gasteiger partial charge in [0.2, 0.25) is 0 Å². The second-order valence-electron chi connectivity index (χ2n) is 10.5. The summed E-state index contributed by atoms with van der Waals surface area (Å²) in [6.45, 7) is 3.96. The molecule has 5 rings (SSSR count). The van der Waals surface area contributed by atoms with Crippen molar-refractivity contribution in [1.82, 2.24) is 9.55 Å². The molecule has 4 aromatic rings. The van der Waals surface area contributed by atoms with Gasteiger partial charge in [-0.1, -0.05) is 62.2 Å². The van der Waals surface area contributed by atoms with Crippen molar-refractivity contribution in [1.29, 1.82) is 5.26 Å². The summed E-state index contributed by atoms with van der Waals surface area (Å²) in [4.78, 5) is 18.8. The predicted octanol–water partition coefficient (Wildman–Crippen LogP) is 6.31. The highest BCUT2D eigenvalue weighted by atomic mass is 16.5. The lowest BCUT2D eigenvalue weighted by Crippen LogP contribution is -2.34. The van der Waals surface area contributed by atoms with Crippen LogP contribution in [0.15, 0.2) is 77.6 Å². The summed E-state index contributed by atoms with van der Waals surface area (Å²) in [6.07, 6.45) is 5.18. The van der Waals surface area contributed by atoms with Crippen molar-refractivity contribution in [2.75, 3.05) is 0 Å². The van der Waals surface area contributed by atoms with E-state index in [0.29, 0.717) is 29.1 Å². The standard InChI is InChI=1S/C34H35N3O3/c1-3-8-31-30(21-24-13-15-25(16-14-24)29-10-5-4-9-26(29)22-35)34(39)37(23(2)36-31)27-17-19-28(20-18-27)40-33-12-7-6-11-32(33)38/h4-5,9-10,13-20,32-33,38H,3,6-8,11-12,21H2,1-2H3. The molecule has 1 saturated carbocycles. The van der Waals surface area contributed by atoms with E-state index in [1.54, 1.807) is 4.57 Å². The van der Waals surface area contributed by atoms with Gasteiger partial charge in [0.25, 0.3) is 5.56 Å². The van der Waals surface area contributed by atoms with Gasteiger partial charge in [-0.15, -0.1) is 0 Å². The van der Waals surface area contributed by atoms with Gasteiger partial charge in [-0.25, -0.2) is 4.98 Å². The third-order valence-electron chi connectivity index (χ3n) is 7.66. The van der Waals surface area contributed by atoms with Crippen LogP contribution in [0.3, 0.4) is 0 Å². The number of aryl methyl sites for hydroxylation is 2. The number of hydrogen-bond acceptors (Lipinski definition) is 5. The number of hydrogen-bond donors (Lipinski definition) is 1. The molecular weight excluding hydrogens is 498 g/mol. The second kappa shape index (κ2) is 12.3. The van der Waals surface area contributed by atoms with Gasteiger partial charge in [0.05, 0.1) is 29.1 Å². The van der Waals surface area contributed by atoms with Crippen molar-refractivity contribution >= 4 is 0 Å². The first-order valence-corrected chi connectivity index (χ1v) is 14.1. The maximum absolute atomic E-state index is 13.9. The Bertz CT molecular complexity index is 1570. The molecule has 1 aromatic heterocycles. The fraction of sp³-hybridized carbons (Fsp3) is 0.324. The van der Waals surface area contributed by atoms with E-state index >= 15 is 0 Å². The molecule has 6 nitrogen and oxygen atoms in total. The van der Waals surface area contributed by atoms with E-state index in [1.807, 2.05) is 79.7 Å². The number of nitrogens with zero attached hydrogens (tertiary/aromatic N) is 3. The van der Waals surface area contributed by atoms with Crippen LogP contribution in [-0.4, -0.2) is 26.9 Å². The van der Waals surface area contributed by atoms with Gasteiger partial charge in [0.1, 0.15) is 17.7 Å². The smallest absolute Gasteiger partial charge is 0.261 e. The maximum Gasteiger partial charge on any atom is 0.261 e. The number of aromatic nitrogens is 2. The number of benzene rings is 3. The minimum absolute atomic E-state index is 0.0637. The second-order valence-corrected chi connectivity index (χ2v) is 10.5. The summed E-state index contributed by atoms with van der Waals surface area (Å²) in [5, 5.41) is 19.7. The average Bonchev–Trinajstić information content (AvgIpc) is 2.97. The molecule has 1 N–H and O–H groups in total. The molecule has 1 fully saturated rings. The summed E-state index contributed by atoms with van der Waals surface area (Å²) < 4.78 is 7.73. The van der Waals surface area contributed by atoms with Gasteiger partial charge in [-0.2, -0.15) is 5.26 Å². The third kappa shape index (κ3) is 5.85. The number of aliphatic hydroxyl groups excluding tert-OH is 1. The molecule has 6 heteroatoms. The number of rotatable bonds is 8. The van der Waals surface area contributed by atoms with E-state index in [1.165, 1.54) is 0 Å². The Hall–Kier alpha value is -4.21. The van der Waals surface area contributed by atoms with Gasteiger partial charge in [0, 0.05) is 12.0 Å². The van der Waals surface area contributed by atoms with E-state index in [0.717, 1.165) is 66.6 Å². The Balaban J connectivity index is 1.43. The van der Waals surface area contributed by atoms with E-state index in [2.05, 4.69) is 13.0 Å². The molecule has 0 bridgehead atoms. The molecule has 0 radical (unpaired) electrons. The van der Waals surface area contributed by atoms with Gasteiger partial charge in [-0.3, -0.25) is 9.36 Å². The van der Waals surface area contributed by atoms with E-state index < -0.39 is 6.10 Å². The summed E-state index contributed by atoms with van der Waals surface area (Å²) >= 11 is 0. The SMILES string of the molecule is CCCc1nc(C)n(-c2ccc(OC3CCCCC3O)cc2)c(=O)c1Cc1ccc(-c2ccccc2C#N)cc1. The van der Waals surface area contributed by atoms with Crippen molar-refractivity contribution < 1.29 is 9.84 Å². The molecule has 204 valence electrons. The normalized spacial score (nSPS) is 16.9. The topological polar surface area (TPSA) is 88.1 Å². The Morgan fingerprint density at radius 2 is 1.75 bits per heavy atom. The molecule has 0 spiro atoms. The molecule has 2 atom stereocenters. The summed E-state index contributed by atoms with van der Waals surface area (Å²) in [6, 6.07) is 25.4. The fourth-order valence-electron chi connectivity index (χ4n) is 5.55. The Labute approximate surface area is 235 Å². The molecule has 1 aliphatic rings. The molecule has 2 unspecified atom stereocenters. The fourth-order valence-corrected chi connectivity index (χ4v) is 5.55. The van der Waals surface area contributed by atoms with Crippen molar-refractivity contribution in [3.8, 4) is 28.6 Å². The van der Waals surface area contributed by atoms with Crippen molar-refractivity contribution in [2.24, 2.45) is 0 Å². The van der Waals surface area contributed by atoms with Gasteiger partial charge in [-0.05, 0) is 79.6 Å². The Morgan fingerprint density at radius 1 is 1.02 bits per heavy atom. The Kier molecular flexibility index (Phi) is 8.42. The number of ether oxygens (including phenoxy) is 1. The first-order chi connectivity index (χ1) is 19.5. The monoisotopic (exact) mass is 533 g/mol. The van der Waals surface area contributed by atoms with Crippen LogP contribution < -0.4 is 10.3 Å². The highest BCUT2D eigenvalue weighted by Crippen LogP contribution is 2.26. The lowest BCUT2D eigenvalue weighted by molar-refractivity contribution is 0.00688. The van der Waals surface area contributed by atoms with Crippen molar-refractivity contribution in [3.05, 3.63) is 111 Å². The van der Waals surface area contributed by atoms with E-state index in [4.69, 9.17) is 9.72 Å². The van der Waals surface area contributed by atoms with Crippen LogP contribution in [0.1, 0.15) is 67.2 Å². The molecular formula is C34H35N3O3. The van der Waals surface area contributed by atoms with Crippen LogP contribution in [0.2, 0.25) is 0 Å². The zero-order chi connectivity index (χ0) is 28.1. The van der Waals surface area contributed by atoms with Crippen LogP contribution in [0.5, 0.6) is 5.75 Å². The quantitative estimate of drug-likeness (QED) is 0.287. The Morgan fingerprint density at radius 3 is 2.45 bits per heavy atom. The lowest BCUT2D eigenvalue weighted by atomic mass is 9.95. The van der Waals surface area contributed by atoms with Gasteiger partial charge < -0.3 is 9.84 Å². The summed E-state index contributed by atoms with van der Waals surface area (Å²) in [7, 11) is 0. The number of nitriles is 1. The van der Waals surface area contributed by atoms with E-state index in [9.17, 15) is 15.2 Å². The minimum Gasteiger partial charge on any atom is -0.488 e. The average molecular weight is 534 g/mol. The zero-order valence-electron chi connectivity index (χ0n) is 23.1. The van der Waals surface area contributed by atoms with Gasteiger partial charge in [0.15, 0.2) is 0 Å². The van der Waals surface area contributed by atoms with Crippen LogP contribution >= 0.6 is 0 Å². The highest BCUT2D eigenvalue weighted by Gasteiger charge is 2.24. The minimum atomic E-state index is -0.439. The first-order valence-electron chi connectivity index (χ1n) is 14.1. The maximum atomic E-state index is 13.9. The lowest BCUT2D eigenvalue weighted by Gasteiger charge is -2.28. The number of aliphatic hydroxyl groups is 1. The molecule has 1 aliphatic carbocycles. The van der Waals surface area contributed by atoms with Crippen molar-refractivity contribution in [2.45, 2.75) is 71.0 Å². The molecule has 3 aromatic carbocycles. The first kappa shape index (κ1) is 27.4. The largest absolute Gasteiger partial charge is 0.488 e. The van der Waals surface area contributed by atoms with Crippen LogP contribution in [0.25, 0.3) is 16.8 Å². The van der Waals surface area contributed by atoms with Gasteiger partial charge >= 0.3 is 0 Å². The highest BCUT2D eigenvalue weighted by molar-refractivity contribution is 5.70. The van der Waals surface area contributed by atoms with Crippen LogP contribution in [-0.2, 0) is 12.8 Å². The predicted molar refractivity (Wildman–Crippen MR) is 157 cm³/mol. The molecule has 0 amide bonds. The third-order valence-corrected chi connectivity index (χ3v) is 7.66. The zero-order valence-corrected chi connectivity index (χ0v) is 23.1. The molecule has 40 heavy (non-hydrogen) atoms. The van der Waals surface area contributed by atoms with Crippen molar-refractivity contribution in [3.63, 3.8) is 0 Å². The molecule has 0 saturated heterocycles. The van der Waals surface area contributed by atoms with E-state index in [-0.39, 0.29) is 11.7 Å². The summed E-state index contributed by atoms with van der Waals surface area (Å²) in [5.74, 6) is 1.34. The molecule has 0 aliphatic heterocycles.